The molecule has 6 atom stereocenters. The Morgan fingerprint density at radius 2 is 1.51 bits per heavy atom. The molecule has 3 aliphatic rings. The van der Waals surface area contributed by atoms with E-state index >= 15 is 8.78 Å². The van der Waals surface area contributed by atoms with Crippen molar-refractivity contribution in [3.8, 4) is 0 Å². The predicted octanol–water partition coefficient (Wildman–Crippen LogP) is 9.41. The average Bonchev–Trinajstić information content (AvgIpc) is 2.86. The van der Waals surface area contributed by atoms with Crippen molar-refractivity contribution in [3.05, 3.63) is 0 Å². The molecule has 4 heteroatoms. The van der Waals surface area contributed by atoms with Crippen molar-refractivity contribution in [2.75, 3.05) is 0 Å². The van der Waals surface area contributed by atoms with Gasteiger partial charge in [0.05, 0.1) is 5.92 Å². The normalized spacial score (nSPS) is 40.2. The van der Waals surface area contributed by atoms with E-state index in [0.29, 0.717) is 24.7 Å². The molecule has 0 radical (unpaired) electrons. The second-order valence-corrected chi connectivity index (χ2v) is 12.8. The number of rotatable bonds is 11. The van der Waals surface area contributed by atoms with Gasteiger partial charge in [-0.2, -0.15) is 0 Å². The first-order valence-electron chi connectivity index (χ1n) is 15.3. The summed E-state index contributed by atoms with van der Waals surface area (Å²) in [6, 6.07) is 0. The molecule has 0 aromatic rings. The van der Waals surface area contributed by atoms with Gasteiger partial charge < -0.3 is 5.11 Å². The van der Waals surface area contributed by atoms with Crippen LogP contribution in [0, 0.1) is 46.8 Å². The maximum atomic E-state index is 15.8. The van der Waals surface area contributed by atoms with Crippen LogP contribution in [0.3, 0.4) is 0 Å². The third kappa shape index (κ3) is 6.43. The van der Waals surface area contributed by atoms with Crippen LogP contribution < -0.4 is 0 Å². The van der Waals surface area contributed by atoms with Gasteiger partial charge in [-0.05, 0) is 93.3 Å². The van der Waals surface area contributed by atoms with Gasteiger partial charge in [0.1, 0.15) is 12.3 Å². The summed E-state index contributed by atoms with van der Waals surface area (Å²) in [5.74, 6) is 1.46. The molecular formula is C31H54F2O2. The highest BCUT2D eigenvalue weighted by Gasteiger charge is 2.56. The zero-order valence-electron chi connectivity index (χ0n) is 23.1. The second kappa shape index (κ2) is 13.2. The molecule has 204 valence electrons. The van der Waals surface area contributed by atoms with E-state index in [4.69, 9.17) is 0 Å². The maximum Gasteiger partial charge on any atom is 0.309 e. The molecule has 0 aromatic heterocycles. The van der Waals surface area contributed by atoms with Crippen LogP contribution in [-0.4, -0.2) is 23.4 Å². The quantitative estimate of drug-likeness (QED) is 0.309. The fraction of sp³-hybridized carbons (Fsp3) is 0.968. The lowest BCUT2D eigenvalue weighted by Gasteiger charge is -2.52. The van der Waals surface area contributed by atoms with E-state index in [9.17, 15) is 9.90 Å². The van der Waals surface area contributed by atoms with E-state index in [1.807, 2.05) is 0 Å². The Kier molecular flexibility index (Phi) is 10.9. The number of hydrogen-bond donors (Lipinski definition) is 1. The monoisotopic (exact) mass is 496 g/mol. The minimum atomic E-state index is -1.88. The smallest absolute Gasteiger partial charge is 0.309 e. The molecule has 3 aliphatic carbocycles. The molecule has 3 saturated carbocycles. The average molecular weight is 497 g/mol. The van der Waals surface area contributed by atoms with E-state index in [1.165, 1.54) is 70.6 Å². The summed E-state index contributed by atoms with van der Waals surface area (Å²) in [7, 11) is 0. The molecule has 1 N–H and O–H groups in total. The van der Waals surface area contributed by atoms with Gasteiger partial charge >= 0.3 is 5.97 Å². The first-order chi connectivity index (χ1) is 16.8. The van der Waals surface area contributed by atoms with Crippen molar-refractivity contribution >= 4 is 5.97 Å². The number of alkyl halides is 2. The molecule has 0 aromatic carbocycles. The van der Waals surface area contributed by atoms with Gasteiger partial charge in [0.25, 0.3) is 0 Å². The highest BCUT2D eigenvalue weighted by Crippen LogP contribution is 2.56. The summed E-state index contributed by atoms with van der Waals surface area (Å²) in [4.78, 5) is 11.5. The molecule has 0 bridgehead atoms. The van der Waals surface area contributed by atoms with Gasteiger partial charge in [-0.15, -0.1) is 0 Å². The Hall–Kier alpha value is -0.670. The molecule has 35 heavy (non-hydrogen) atoms. The summed E-state index contributed by atoms with van der Waals surface area (Å²) < 4.78 is 30.9. The van der Waals surface area contributed by atoms with E-state index in [-0.39, 0.29) is 12.3 Å². The van der Waals surface area contributed by atoms with Crippen molar-refractivity contribution in [1.29, 1.82) is 0 Å². The van der Waals surface area contributed by atoms with Crippen LogP contribution in [0.15, 0.2) is 0 Å². The minimum absolute atomic E-state index is 0.126. The molecule has 0 aliphatic heterocycles. The van der Waals surface area contributed by atoms with Gasteiger partial charge in [-0.3, -0.25) is 4.79 Å². The standard InChI is InChI=1S/C31H54F2O2/c1-5-8-9-22-10-12-24(13-11-22)25-16-14-23(15-17-25)21(4)27(7-3)31(19-6-2)20-18-26(30(34)35)28(32)29(31)33/h21-29H,5-20H2,1-4H3,(H,34,35). The van der Waals surface area contributed by atoms with Crippen molar-refractivity contribution in [1.82, 2.24) is 0 Å². The summed E-state index contributed by atoms with van der Waals surface area (Å²) in [5.41, 5.74) is -0.706. The van der Waals surface area contributed by atoms with Crippen molar-refractivity contribution in [2.45, 2.75) is 143 Å². The highest BCUT2D eigenvalue weighted by molar-refractivity contribution is 5.71. The highest BCUT2D eigenvalue weighted by atomic mass is 19.2. The Labute approximate surface area is 214 Å². The van der Waals surface area contributed by atoms with Gasteiger partial charge in [0.15, 0.2) is 0 Å². The van der Waals surface area contributed by atoms with Gasteiger partial charge in [-0.1, -0.05) is 72.6 Å². The van der Waals surface area contributed by atoms with Crippen LogP contribution in [-0.2, 0) is 4.79 Å². The Bertz CT molecular complexity index is 638. The van der Waals surface area contributed by atoms with E-state index in [1.54, 1.807) is 0 Å². The number of halogens is 2. The molecule has 0 heterocycles. The minimum Gasteiger partial charge on any atom is -0.481 e. The van der Waals surface area contributed by atoms with Crippen molar-refractivity contribution in [3.63, 3.8) is 0 Å². The Morgan fingerprint density at radius 1 is 0.914 bits per heavy atom. The van der Waals surface area contributed by atoms with Crippen LogP contribution in [0.2, 0.25) is 0 Å². The first kappa shape index (κ1) is 28.9. The fourth-order valence-electron chi connectivity index (χ4n) is 9.02. The third-order valence-corrected chi connectivity index (χ3v) is 11.1. The summed E-state index contributed by atoms with van der Waals surface area (Å²) in [5, 5.41) is 9.41. The van der Waals surface area contributed by atoms with Crippen molar-refractivity contribution in [2.24, 2.45) is 46.8 Å². The zero-order valence-corrected chi connectivity index (χ0v) is 23.1. The number of unbranched alkanes of at least 4 members (excludes halogenated alkanes) is 1. The summed E-state index contributed by atoms with van der Waals surface area (Å²) >= 11 is 0. The Balaban J connectivity index is 1.60. The van der Waals surface area contributed by atoms with Crippen LogP contribution >= 0.6 is 0 Å². The lowest BCUT2D eigenvalue weighted by Crippen LogP contribution is -2.54. The molecule has 0 saturated heterocycles. The fourth-order valence-corrected chi connectivity index (χ4v) is 9.02. The van der Waals surface area contributed by atoms with Crippen LogP contribution in [0.1, 0.15) is 130 Å². The molecule has 0 amide bonds. The molecular weight excluding hydrogens is 442 g/mol. The summed E-state index contributed by atoms with van der Waals surface area (Å²) in [6.45, 7) is 8.80. The molecule has 2 nitrogen and oxygen atoms in total. The number of aliphatic carboxylic acids is 1. The van der Waals surface area contributed by atoms with Gasteiger partial charge in [0.2, 0.25) is 0 Å². The topological polar surface area (TPSA) is 37.3 Å². The van der Waals surface area contributed by atoms with Crippen molar-refractivity contribution < 1.29 is 18.7 Å². The molecule has 6 unspecified atom stereocenters. The van der Waals surface area contributed by atoms with E-state index in [2.05, 4.69) is 27.7 Å². The third-order valence-electron chi connectivity index (χ3n) is 11.1. The lowest BCUT2D eigenvalue weighted by molar-refractivity contribution is -0.156. The first-order valence-corrected chi connectivity index (χ1v) is 15.3. The lowest BCUT2D eigenvalue weighted by atomic mass is 9.54. The van der Waals surface area contributed by atoms with Gasteiger partial charge in [0, 0.05) is 5.41 Å². The summed E-state index contributed by atoms with van der Waals surface area (Å²) in [6.07, 6.45) is 14.5. The number of carbonyl (C=O) groups is 1. The van der Waals surface area contributed by atoms with E-state index in [0.717, 1.165) is 30.6 Å². The van der Waals surface area contributed by atoms with E-state index < -0.39 is 29.6 Å². The molecule has 3 rings (SSSR count). The number of carboxylic acid groups (broad SMARTS) is 1. The maximum absolute atomic E-state index is 15.8. The van der Waals surface area contributed by atoms with Crippen LogP contribution in [0.5, 0.6) is 0 Å². The predicted molar refractivity (Wildman–Crippen MR) is 141 cm³/mol. The zero-order chi connectivity index (χ0) is 25.6. The largest absolute Gasteiger partial charge is 0.481 e. The second-order valence-electron chi connectivity index (χ2n) is 12.8. The van der Waals surface area contributed by atoms with Crippen LogP contribution in [0.25, 0.3) is 0 Å². The number of carboxylic acids is 1. The molecule has 0 spiro atoms. The molecule has 3 fully saturated rings. The van der Waals surface area contributed by atoms with Crippen LogP contribution in [0.4, 0.5) is 8.78 Å². The number of hydrogen-bond acceptors (Lipinski definition) is 1. The SMILES string of the molecule is CCCCC1CCC(C2CCC(C(C)C(CC)C3(CCC)CCC(C(=O)O)C(F)C3F)CC2)CC1. The Morgan fingerprint density at radius 3 is 2.03 bits per heavy atom. The van der Waals surface area contributed by atoms with Gasteiger partial charge in [-0.25, -0.2) is 8.78 Å².